The Morgan fingerprint density at radius 3 is 2.62 bits per heavy atom. The third-order valence-electron chi connectivity index (χ3n) is 2.58. The van der Waals surface area contributed by atoms with Crippen molar-refractivity contribution in [2.75, 3.05) is 11.9 Å². The molecule has 0 saturated carbocycles. The molecular formula is C12H21N3O. The summed E-state index contributed by atoms with van der Waals surface area (Å²) in [6.45, 7) is 6.67. The van der Waals surface area contributed by atoms with Crippen LogP contribution in [0.5, 0.6) is 0 Å². The first-order valence-electron chi connectivity index (χ1n) is 5.61. The van der Waals surface area contributed by atoms with Gasteiger partial charge in [0.1, 0.15) is 5.82 Å². The molecule has 1 heterocycles. The second-order valence-corrected chi connectivity index (χ2v) is 4.38. The predicted molar refractivity (Wildman–Crippen MR) is 66.2 cm³/mol. The van der Waals surface area contributed by atoms with E-state index in [0.29, 0.717) is 12.5 Å². The minimum absolute atomic E-state index is 0.0277. The van der Waals surface area contributed by atoms with Crippen LogP contribution in [0.25, 0.3) is 0 Å². The first-order chi connectivity index (χ1) is 7.56. The topological polar surface area (TPSA) is 71.2 Å². The number of anilines is 1. The number of nitrogens with zero attached hydrogens (tertiary/aromatic N) is 1. The smallest absolute Gasteiger partial charge is 0.126 e. The van der Waals surface area contributed by atoms with E-state index < -0.39 is 0 Å². The maximum atomic E-state index is 9.24. The minimum Gasteiger partial charge on any atom is -0.394 e. The first kappa shape index (κ1) is 12.9. The molecule has 0 saturated heterocycles. The average Bonchev–Trinajstić information content (AvgIpc) is 2.24. The van der Waals surface area contributed by atoms with Gasteiger partial charge in [-0.2, -0.15) is 0 Å². The van der Waals surface area contributed by atoms with Crippen LogP contribution >= 0.6 is 0 Å². The van der Waals surface area contributed by atoms with E-state index >= 15 is 0 Å². The summed E-state index contributed by atoms with van der Waals surface area (Å²) in [4.78, 5) is 4.37. The molecule has 1 aromatic heterocycles. The number of aliphatic hydroxyl groups excluding tert-OH is 1. The summed E-state index contributed by atoms with van der Waals surface area (Å²) in [7, 11) is 0. The zero-order valence-electron chi connectivity index (χ0n) is 10.2. The molecular weight excluding hydrogens is 202 g/mol. The molecule has 0 aliphatic carbocycles. The lowest BCUT2D eigenvalue weighted by Gasteiger charge is -2.21. The third kappa shape index (κ3) is 3.47. The van der Waals surface area contributed by atoms with Crippen molar-refractivity contribution in [3.63, 3.8) is 0 Å². The highest BCUT2D eigenvalue weighted by Crippen LogP contribution is 2.13. The van der Waals surface area contributed by atoms with E-state index in [1.54, 1.807) is 0 Å². The van der Waals surface area contributed by atoms with E-state index in [2.05, 4.69) is 24.1 Å². The molecule has 1 atom stereocenters. The van der Waals surface area contributed by atoms with Gasteiger partial charge in [0, 0.05) is 12.2 Å². The van der Waals surface area contributed by atoms with Crippen molar-refractivity contribution in [3.05, 3.63) is 23.4 Å². The summed E-state index contributed by atoms with van der Waals surface area (Å²) in [5.41, 5.74) is 7.59. The molecule has 4 N–H and O–H groups in total. The van der Waals surface area contributed by atoms with Crippen molar-refractivity contribution in [2.24, 2.45) is 11.7 Å². The molecule has 1 unspecified atom stereocenters. The van der Waals surface area contributed by atoms with E-state index in [9.17, 15) is 5.11 Å². The monoisotopic (exact) mass is 223 g/mol. The van der Waals surface area contributed by atoms with Gasteiger partial charge in [0.05, 0.1) is 12.6 Å². The highest BCUT2D eigenvalue weighted by Gasteiger charge is 2.12. The zero-order chi connectivity index (χ0) is 12.1. The van der Waals surface area contributed by atoms with Gasteiger partial charge in [0.2, 0.25) is 0 Å². The molecule has 4 nitrogen and oxygen atoms in total. The summed E-state index contributed by atoms with van der Waals surface area (Å²) < 4.78 is 0. The Labute approximate surface area is 96.9 Å². The van der Waals surface area contributed by atoms with E-state index in [4.69, 9.17) is 5.73 Å². The first-order valence-corrected chi connectivity index (χ1v) is 5.61. The Morgan fingerprint density at radius 1 is 1.44 bits per heavy atom. The Bertz CT molecular complexity index is 339. The molecule has 0 aliphatic heterocycles. The number of nitrogens with one attached hydrogen (secondary N) is 1. The van der Waals surface area contributed by atoms with E-state index in [1.165, 1.54) is 0 Å². The fourth-order valence-corrected chi connectivity index (χ4v) is 1.54. The van der Waals surface area contributed by atoms with Crippen LogP contribution in [0, 0.1) is 12.8 Å². The molecule has 4 heteroatoms. The quantitative estimate of drug-likeness (QED) is 0.703. The molecule has 1 rings (SSSR count). The fourth-order valence-electron chi connectivity index (χ4n) is 1.54. The Kier molecular flexibility index (Phi) is 4.71. The molecule has 0 aromatic carbocycles. The number of aryl methyl sites for hydroxylation is 1. The summed E-state index contributed by atoms with van der Waals surface area (Å²) in [5.74, 6) is 1.14. The van der Waals surface area contributed by atoms with E-state index in [-0.39, 0.29) is 12.6 Å². The Morgan fingerprint density at radius 2 is 2.12 bits per heavy atom. The summed E-state index contributed by atoms with van der Waals surface area (Å²) in [6, 6.07) is 3.92. The van der Waals surface area contributed by atoms with Gasteiger partial charge < -0.3 is 16.2 Å². The van der Waals surface area contributed by atoms with Crippen LogP contribution in [0.4, 0.5) is 5.82 Å². The number of hydrogen-bond acceptors (Lipinski definition) is 4. The highest BCUT2D eigenvalue weighted by molar-refractivity contribution is 5.40. The maximum absolute atomic E-state index is 9.24. The molecule has 0 fully saturated rings. The van der Waals surface area contributed by atoms with Gasteiger partial charge in [-0.25, -0.2) is 4.98 Å². The van der Waals surface area contributed by atoms with Crippen LogP contribution in [0.15, 0.2) is 12.1 Å². The molecule has 1 aromatic rings. The summed E-state index contributed by atoms with van der Waals surface area (Å²) in [6.07, 6.45) is 0. The summed E-state index contributed by atoms with van der Waals surface area (Å²) >= 11 is 0. The number of pyridine rings is 1. The van der Waals surface area contributed by atoms with Crippen molar-refractivity contribution < 1.29 is 5.11 Å². The lowest BCUT2D eigenvalue weighted by atomic mass is 10.1. The van der Waals surface area contributed by atoms with Crippen LogP contribution in [-0.2, 0) is 6.54 Å². The van der Waals surface area contributed by atoms with Gasteiger partial charge in [-0.15, -0.1) is 0 Å². The number of hydrogen-bond donors (Lipinski definition) is 3. The summed E-state index contributed by atoms with van der Waals surface area (Å²) in [5, 5.41) is 12.5. The van der Waals surface area contributed by atoms with Gasteiger partial charge in [0.15, 0.2) is 0 Å². The highest BCUT2D eigenvalue weighted by atomic mass is 16.3. The SMILES string of the molecule is Cc1cc(CN)cc(NC(CO)C(C)C)n1. The predicted octanol–water partition coefficient (Wildman–Crippen LogP) is 1.28. The number of aliphatic hydroxyl groups is 1. The third-order valence-corrected chi connectivity index (χ3v) is 2.58. The lowest BCUT2D eigenvalue weighted by Crippen LogP contribution is -2.30. The number of rotatable bonds is 5. The van der Waals surface area contributed by atoms with Gasteiger partial charge in [0.25, 0.3) is 0 Å². The molecule has 0 amide bonds. The standard InChI is InChI=1S/C12H21N3O/c1-8(2)11(7-16)15-12-5-10(6-13)4-9(3)14-12/h4-5,8,11,16H,6-7,13H2,1-3H3,(H,14,15). The van der Waals surface area contributed by atoms with Crippen LogP contribution in [0.2, 0.25) is 0 Å². The van der Waals surface area contributed by atoms with Gasteiger partial charge in [-0.05, 0) is 30.5 Å². The number of nitrogens with two attached hydrogens (primary N) is 1. The molecule has 0 bridgehead atoms. The normalized spacial score (nSPS) is 12.9. The minimum atomic E-state index is 0.0277. The average molecular weight is 223 g/mol. The van der Waals surface area contributed by atoms with E-state index in [0.717, 1.165) is 17.1 Å². The molecule has 0 spiro atoms. The second-order valence-electron chi connectivity index (χ2n) is 4.38. The lowest BCUT2D eigenvalue weighted by molar-refractivity contribution is 0.249. The van der Waals surface area contributed by atoms with Crippen molar-refractivity contribution in [1.82, 2.24) is 4.98 Å². The van der Waals surface area contributed by atoms with Gasteiger partial charge in [-0.3, -0.25) is 0 Å². The number of aromatic nitrogens is 1. The molecule has 0 radical (unpaired) electrons. The van der Waals surface area contributed by atoms with Gasteiger partial charge >= 0.3 is 0 Å². The Hall–Kier alpha value is -1.13. The van der Waals surface area contributed by atoms with Crippen LogP contribution < -0.4 is 11.1 Å². The fraction of sp³-hybridized carbons (Fsp3) is 0.583. The van der Waals surface area contributed by atoms with Crippen molar-refractivity contribution in [1.29, 1.82) is 0 Å². The van der Waals surface area contributed by atoms with Gasteiger partial charge in [-0.1, -0.05) is 13.8 Å². The van der Waals surface area contributed by atoms with Crippen LogP contribution in [0.1, 0.15) is 25.1 Å². The van der Waals surface area contributed by atoms with Crippen LogP contribution in [-0.4, -0.2) is 22.7 Å². The van der Waals surface area contributed by atoms with Crippen molar-refractivity contribution in [2.45, 2.75) is 33.4 Å². The zero-order valence-corrected chi connectivity index (χ0v) is 10.2. The van der Waals surface area contributed by atoms with Crippen molar-refractivity contribution in [3.8, 4) is 0 Å². The second kappa shape index (κ2) is 5.82. The molecule has 90 valence electrons. The Balaban J connectivity index is 2.83. The van der Waals surface area contributed by atoms with Crippen LogP contribution in [0.3, 0.4) is 0 Å². The van der Waals surface area contributed by atoms with E-state index in [1.807, 2.05) is 19.1 Å². The largest absolute Gasteiger partial charge is 0.394 e. The molecule has 16 heavy (non-hydrogen) atoms. The maximum Gasteiger partial charge on any atom is 0.126 e. The molecule has 0 aliphatic rings. The van der Waals surface area contributed by atoms with Crippen molar-refractivity contribution >= 4 is 5.82 Å².